The highest BCUT2D eigenvalue weighted by Crippen LogP contribution is 2.21. The molecule has 2 aromatic rings. The normalized spacial score (nSPS) is 11.6. The van der Waals surface area contributed by atoms with E-state index in [0.29, 0.717) is 12.8 Å². The van der Waals surface area contributed by atoms with Crippen LogP contribution in [-0.4, -0.2) is 27.9 Å². The average Bonchev–Trinajstić information content (AvgIpc) is 2.95. The summed E-state index contributed by atoms with van der Waals surface area (Å²) < 4.78 is 2.13. The summed E-state index contributed by atoms with van der Waals surface area (Å²) >= 11 is 0. The molecule has 0 aliphatic carbocycles. The van der Waals surface area contributed by atoms with E-state index >= 15 is 0 Å². The Morgan fingerprint density at radius 1 is 1.23 bits per heavy atom. The molecule has 0 saturated heterocycles. The van der Waals surface area contributed by atoms with Gasteiger partial charge in [0.15, 0.2) is 0 Å². The second kappa shape index (κ2) is 6.83. The summed E-state index contributed by atoms with van der Waals surface area (Å²) in [6, 6.07) is 7.63. The van der Waals surface area contributed by atoms with Crippen molar-refractivity contribution in [3.63, 3.8) is 0 Å². The third-order valence-corrected chi connectivity index (χ3v) is 4.41. The lowest BCUT2D eigenvalue weighted by Gasteiger charge is -2.30. The van der Waals surface area contributed by atoms with E-state index in [2.05, 4.69) is 28.2 Å². The van der Waals surface area contributed by atoms with Crippen LogP contribution < -0.4 is 10.6 Å². The molecule has 0 radical (unpaired) electrons. The molecule has 0 atom stereocenters. The number of benzene rings is 1. The van der Waals surface area contributed by atoms with Gasteiger partial charge >= 0.3 is 6.03 Å². The number of rotatable bonds is 6. The molecule has 1 aromatic carbocycles. The van der Waals surface area contributed by atoms with Crippen LogP contribution in [0.3, 0.4) is 0 Å². The summed E-state index contributed by atoms with van der Waals surface area (Å²) in [6.07, 6.45) is 3.41. The van der Waals surface area contributed by atoms with Gasteiger partial charge in [0.2, 0.25) is 0 Å². The number of aromatic nitrogens is 1. The van der Waals surface area contributed by atoms with Gasteiger partial charge in [0.25, 0.3) is 0 Å². The van der Waals surface area contributed by atoms with Crippen molar-refractivity contribution in [2.24, 2.45) is 0 Å². The van der Waals surface area contributed by atoms with Gasteiger partial charge < -0.3 is 20.3 Å². The molecule has 0 bridgehead atoms. The first-order valence-electron chi connectivity index (χ1n) is 7.86. The maximum absolute atomic E-state index is 12.2. The zero-order valence-electron chi connectivity index (χ0n) is 13.5. The van der Waals surface area contributed by atoms with Crippen molar-refractivity contribution in [2.45, 2.75) is 45.7 Å². The molecule has 0 spiro atoms. The first kappa shape index (κ1) is 16.4. The van der Waals surface area contributed by atoms with E-state index in [4.69, 9.17) is 0 Å². The first-order chi connectivity index (χ1) is 10.6. The van der Waals surface area contributed by atoms with Gasteiger partial charge in [-0.1, -0.05) is 19.9 Å². The Kier molecular flexibility index (Phi) is 5.08. The molecule has 120 valence electrons. The maximum atomic E-state index is 12.2. The van der Waals surface area contributed by atoms with Gasteiger partial charge in [0.1, 0.15) is 0 Å². The minimum atomic E-state index is -0.558. The fourth-order valence-electron chi connectivity index (χ4n) is 2.63. The summed E-state index contributed by atoms with van der Waals surface area (Å²) in [5.41, 5.74) is 1.29. The first-order valence-corrected chi connectivity index (χ1v) is 7.86. The van der Waals surface area contributed by atoms with Crippen LogP contribution in [0.15, 0.2) is 30.5 Å². The maximum Gasteiger partial charge on any atom is 0.319 e. The molecule has 3 N–H and O–H groups in total. The lowest BCUT2D eigenvalue weighted by molar-refractivity contribution is 0.155. The minimum Gasteiger partial charge on any atom is -0.394 e. The third-order valence-electron chi connectivity index (χ3n) is 4.41. The molecule has 5 nitrogen and oxygen atoms in total. The Morgan fingerprint density at radius 3 is 2.55 bits per heavy atom. The van der Waals surface area contributed by atoms with Crippen LogP contribution in [0.5, 0.6) is 0 Å². The van der Waals surface area contributed by atoms with E-state index in [0.717, 1.165) is 23.1 Å². The predicted molar refractivity (Wildman–Crippen MR) is 90.2 cm³/mol. The Morgan fingerprint density at radius 2 is 1.95 bits per heavy atom. The molecular formula is C17H25N3O2. The van der Waals surface area contributed by atoms with Gasteiger partial charge in [-0.15, -0.1) is 0 Å². The lowest BCUT2D eigenvalue weighted by atomic mass is 9.94. The number of urea groups is 1. The van der Waals surface area contributed by atoms with Crippen molar-refractivity contribution in [1.82, 2.24) is 9.88 Å². The molecule has 0 aliphatic rings. The number of aryl methyl sites for hydroxylation is 1. The number of anilines is 1. The minimum absolute atomic E-state index is 0.0643. The molecule has 22 heavy (non-hydrogen) atoms. The van der Waals surface area contributed by atoms with Crippen LogP contribution in [-0.2, 0) is 6.54 Å². The summed E-state index contributed by atoms with van der Waals surface area (Å²) in [4.78, 5) is 12.2. The van der Waals surface area contributed by atoms with Gasteiger partial charge in [-0.3, -0.25) is 0 Å². The van der Waals surface area contributed by atoms with E-state index in [-0.39, 0.29) is 12.6 Å². The topological polar surface area (TPSA) is 66.3 Å². The van der Waals surface area contributed by atoms with Gasteiger partial charge in [0.05, 0.1) is 17.7 Å². The average molecular weight is 303 g/mol. The van der Waals surface area contributed by atoms with E-state index in [1.165, 1.54) is 0 Å². The van der Waals surface area contributed by atoms with Crippen molar-refractivity contribution in [1.29, 1.82) is 0 Å². The van der Waals surface area contributed by atoms with Gasteiger partial charge in [-0.2, -0.15) is 0 Å². The largest absolute Gasteiger partial charge is 0.394 e. The van der Waals surface area contributed by atoms with Crippen LogP contribution >= 0.6 is 0 Å². The summed E-state index contributed by atoms with van der Waals surface area (Å²) in [5, 5.41) is 16.4. The molecule has 0 fully saturated rings. The number of hydrogen-bond acceptors (Lipinski definition) is 2. The number of aliphatic hydroxyl groups is 1. The molecular weight excluding hydrogens is 278 g/mol. The smallest absolute Gasteiger partial charge is 0.319 e. The van der Waals surface area contributed by atoms with E-state index in [1.54, 1.807) is 0 Å². The summed E-state index contributed by atoms with van der Waals surface area (Å²) in [7, 11) is 0. The number of nitrogens with one attached hydrogen (secondary N) is 2. The van der Waals surface area contributed by atoms with Crippen LogP contribution in [0, 0.1) is 0 Å². The van der Waals surface area contributed by atoms with Crippen LogP contribution in [0.4, 0.5) is 10.5 Å². The second-order valence-corrected chi connectivity index (χ2v) is 5.60. The van der Waals surface area contributed by atoms with Crippen LogP contribution in [0.25, 0.3) is 10.9 Å². The zero-order valence-corrected chi connectivity index (χ0v) is 13.5. The van der Waals surface area contributed by atoms with Gasteiger partial charge in [-0.25, -0.2) is 4.79 Å². The molecule has 2 amide bonds. The molecule has 2 rings (SSSR count). The number of fused-ring (bicyclic) bond motifs is 1. The van der Waals surface area contributed by atoms with Gasteiger partial charge in [0, 0.05) is 18.4 Å². The second-order valence-electron chi connectivity index (χ2n) is 5.60. The summed E-state index contributed by atoms with van der Waals surface area (Å²) in [5.74, 6) is 0. The molecule has 1 aromatic heterocycles. The number of aliphatic hydroxyl groups excluding tert-OH is 1. The number of nitrogens with zero attached hydrogens (tertiary/aromatic N) is 1. The monoisotopic (exact) mass is 303 g/mol. The zero-order chi connectivity index (χ0) is 16.2. The predicted octanol–water partition coefficient (Wildman–Crippen LogP) is 3.33. The molecule has 0 aliphatic heterocycles. The van der Waals surface area contributed by atoms with Gasteiger partial charge in [-0.05, 0) is 43.4 Å². The Balaban J connectivity index is 2.14. The quantitative estimate of drug-likeness (QED) is 0.766. The molecule has 0 saturated carbocycles. The SMILES string of the molecule is CCn1ccc2ccc(NC(=O)NC(CC)(CC)CO)cc21. The number of carbonyl (C=O) groups excluding carboxylic acids is 1. The standard InChI is InChI=1S/C17H25N3O2/c1-4-17(5-2,12-21)19-16(22)18-14-8-7-13-9-10-20(6-3)15(13)11-14/h7-11,21H,4-6,12H2,1-3H3,(H2,18,19,22). The number of carbonyl (C=O) groups is 1. The van der Waals surface area contributed by atoms with Crippen molar-refractivity contribution < 1.29 is 9.90 Å². The van der Waals surface area contributed by atoms with Crippen molar-refractivity contribution >= 4 is 22.6 Å². The molecule has 1 heterocycles. The highest BCUT2D eigenvalue weighted by Gasteiger charge is 2.27. The van der Waals surface area contributed by atoms with Crippen molar-refractivity contribution in [2.75, 3.05) is 11.9 Å². The fraction of sp³-hybridized carbons (Fsp3) is 0.471. The van der Waals surface area contributed by atoms with Crippen LogP contribution in [0.1, 0.15) is 33.6 Å². The van der Waals surface area contributed by atoms with Crippen molar-refractivity contribution in [3.8, 4) is 0 Å². The highest BCUT2D eigenvalue weighted by atomic mass is 16.3. The van der Waals surface area contributed by atoms with E-state index in [9.17, 15) is 9.90 Å². The number of amides is 2. The van der Waals surface area contributed by atoms with E-state index < -0.39 is 5.54 Å². The number of hydrogen-bond donors (Lipinski definition) is 3. The fourth-order valence-corrected chi connectivity index (χ4v) is 2.63. The Labute approximate surface area is 131 Å². The van der Waals surface area contributed by atoms with Crippen molar-refractivity contribution in [3.05, 3.63) is 30.5 Å². The highest BCUT2D eigenvalue weighted by molar-refractivity contribution is 5.93. The third kappa shape index (κ3) is 3.25. The van der Waals surface area contributed by atoms with Crippen LogP contribution in [0.2, 0.25) is 0 Å². The van der Waals surface area contributed by atoms with E-state index in [1.807, 2.05) is 38.2 Å². The molecule has 0 unspecified atom stereocenters. The Hall–Kier alpha value is -2.01. The molecule has 5 heteroatoms. The summed E-state index contributed by atoms with van der Waals surface area (Å²) in [6.45, 7) is 6.83. The lowest BCUT2D eigenvalue weighted by Crippen LogP contribution is -2.52. The Bertz CT molecular complexity index is 636.